The van der Waals surface area contributed by atoms with Crippen molar-refractivity contribution in [1.29, 1.82) is 0 Å². The monoisotopic (exact) mass is 235 g/mol. The summed E-state index contributed by atoms with van der Waals surface area (Å²) in [5.74, 6) is 0.850. The second-order valence-corrected chi connectivity index (χ2v) is 3.82. The Hall–Kier alpha value is -1.82. The van der Waals surface area contributed by atoms with Gasteiger partial charge in [-0.05, 0) is 6.92 Å². The van der Waals surface area contributed by atoms with Crippen LogP contribution >= 0.6 is 0 Å². The fourth-order valence-corrected chi connectivity index (χ4v) is 1.59. The number of aromatic amines is 1. The Bertz CT molecular complexity index is 462. The molecule has 0 aliphatic carbocycles. The van der Waals surface area contributed by atoms with Gasteiger partial charge in [-0.2, -0.15) is 5.10 Å². The second kappa shape index (κ2) is 5.49. The molecule has 2 aromatic rings. The topological polar surface area (TPSA) is 67.8 Å². The molecule has 0 saturated heterocycles. The SMILES string of the molecule is COCCNc1nccn1Cc1cn[nH]c1C. The molecule has 2 rings (SSSR count). The van der Waals surface area contributed by atoms with Crippen LogP contribution in [0.2, 0.25) is 0 Å². The van der Waals surface area contributed by atoms with Gasteiger partial charge in [0.25, 0.3) is 0 Å². The lowest BCUT2D eigenvalue weighted by Crippen LogP contribution is -2.12. The summed E-state index contributed by atoms with van der Waals surface area (Å²) < 4.78 is 7.04. The summed E-state index contributed by atoms with van der Waals surface area (Å²) in [5, 5.41) is 10.2. The lowest BCUT2D eigenvalue weighted by atomic mass is 10.2. The van der Waals surface area contributed by atoms with Crippen LogP contribution in [0.25, 0.3) is 0 Å². The maximum atomic E-state index is 4.99. The highest BCUT2D eigenvalue weighted by molar-refractivity contribution is 5.28. The molecule has 0 aliphatic rings. The molecule has 92 valence electrons. The van der Waals surface area contributed by atoms with Crippen LogP contribution in [0, 0.1) is 6.92 Å². The normalized spacial score (nSPS) is 10.7. The number of methoxy groups -OCH3 is 1. The van der Waals surface area contributed by atoms with Crippen molar-refractivity contribution in [3.63, 3.8) is 0 Å². The highest BCUT2D eigenvalue weighted by atomic mass is 16.5. The van der Waals surface area contributed by atoms with E-state index in [2.05, 4.69) is 20.5 Å². The van der Waals surface area contributed by atoms with Crippen molar-refractivity contribution in [2.24, 2.45) is 0 Å². The van der Waals surface area contributed by atoms with Gasteiger partial charge in [0, 0.05) is 37.3 Å². The molecule has 0 saturated carbocycles. The maximum absolute atomic E-state index is 4.99. The number of aryl methyl sites for hydroxylation is 1. The van der Waals surface area contributed by atoms with E-state index < -0.39 is 0 Å². The quantitative estimate of drug-likeness (QED) is 0.734. The van der Waals surface area contributed by atoms with Gasteiger partial charge in [0.1, 0.15) is 0 Å². The molecule has 0 atom stereocenters. The molecule has 0 fully saturated rings. The minimum absolute atomic E-state index is 0.664. The highest BCUT2D eigenvalue weighted by Crippen LogP contribution is 2.10. The summed E-state index contributed by atoms with van der Waals surface area (Å²) in [6.45, 7) is 4.18. The predicted molar refractivity (Wildman–Crippen MR) is 65.0 cm³/mol. The van der Waals surface area contributed by atoms with Gasteiger partial charge in [-0.15, -0.1) is 0 Å². The molecule has 6 heteroatoms. The van der Waals surface area contributed by atoms with E-state index in [4.69, 9.17) is 4.74 Å². The molecule has 17 heavy (non-hydrogen) atoms. The van der Waals surface area contributed by atoms with Gasteiger partial charge in [-0.1, -0.05) is 0 Å². The van der Waals surface area contributed by atoms with Crippen LogP contribution in [0.5, 0.6) is 0 Å². The first-order valence-corrected chi connectivity index (χ1v) is 5.54. The second-order valence-electron chi connectivity index (χ2n) is 3.82. The Balaban J connectivity index is 2.01. The largest absolute Gasteiger partial charge is 0.383 e. The van der Waals surface area contributed by atoms with Crippen molar-refractivity contribution < 1.29 is 4.74 Å². The number of hydrogen-bond acceptors (Lipinski definition) is 4. The molecule has 2 N–H and O–H groups in total. The van der Waals surface area contributed by atoms with Gasteiger partial charge in [0.05, 0.1) is 19.3 Å². The number of nitrogens with zero attached hydrogens (tertiary/aromatic N) is 3. The van der Waals surface area contributed by atoms with Crippen LogP contribution in [0.1, 0.15) is 11.3 Å². The average molecular weight is 235 g/mol. The minimum Gasteiger partial charge on any atom is -0.383 e. The van der Waals surface area contributed by atoms with Crippen molar-refractivity contribution in [2.75, 3.05) is 25.6 Å². The Labute approximate surface area is 100 Å². The Morgan fingerprint density at radius 3 is 3.12 bits per heavy atom. The van der Waals surface area contributed by atoms with Gasteiger partial charge < -0.3 is 14.6 Å². The van der Waals surface area contributed by atoms with Crippen LogP contribution in [0.3, 0.4) is 0 Å². The number of nitrogens with one attached hydrogen (secondary N) is 2. The first kappa shape index (κ1) is 11.7. The summed E-state index contributed by atoms with van der Waals surface area (Å²) in [5.41, 5.74) is 2.25. The molecule has 0 aliphatic heterocycles. The standard InChI is InChI=1S/C11H17N5O/c1-9-10(7-14-15-9)8-16-5-3-12-11(16)13-4-6-17-2/h3,5,7H,4,6,8H2,1-2H3,(H,12,13)(H,14,15). The van der Waals surface area contributed by atoms with E-state index in [1.807, 2.05) is 23.9 Å². The number of rotatable bonds is 6. The Morgan fingerprint density at radius 2 is 2.41 bits per heavy atom. The van der Waals surface area contributed by atoms with Crippen molar-refractivity contribution >= 4 is 5.95 Å². The van der Waals surface area contributed by atoms with E-state index >= 15 is 0 Å². The molecular weight excluding hydrogens is 218 g/mol. The molecular formula is C11H17N5O. The number of imidazole rings is 1. The fourth-order valence-electron chi connectivity index (χ4n) is 1.59. The molecule has 6 nitrogen and oxygen atoms in total. The summed E-state index contributed by atoms with van der Waals surface area (Å²) >= 11 is 0. The summed E-state index contributed by atoms with van der Waals surface area (Å²) in [6.07, 6.45) is 5.57. The van der Waals surface area contributed by atoms with Crippen molar-refractivity contribution in [1.82, 2.24) is 19.7 Å². The first-order chi connectivity index (χ1) is 8.31. The molecule has 0 aromatic carbocycles. The van der Waals surface area contributed by atoms with Gasteiger partial charge in [-0.25, -0.2) is 4.98 Å². The zero-order chi connectivity index (χ0) is 12.1. The van der Waals surface area contributed by atoms with Gasteiger partial charge in [-0.3, -0.25) is 5.10 Å². The predicted octanol–water partition coefficient (Wildman–Crippen LogP) is 1.02. The van der Waals surface area contributed by atoms with Crippen LogP contribution in [0.4, 0.5) is 5.95 Å². The Morgan fingerprint density at radius 1 is 1.53 bits per heavy atom. The van der Waals surface area contributed by atoms with Gasteiger partial charge >= 0.3 is 0 Å². The molecule has 0 unspecified atom stereocenters. The summed E-state index contributed by atoms with van der Waals surface area (Å²) in [7, 11) is 1.68. The number of ether oxygens (including phenoxy) is 1. The number of aromatic nitrogens is 4. The van der Waals surface area contributed by atoms with Gasteiger partial charge in [0.2, 0.25) is 5.95 Å². The average Bonchev–Trinajstić information content (AvgIpc) is 2.91. The molecule has 2 aromatic heterocycles. The molecule has 0 amide bonds. The zero-order valence-electron chi connectivity index (χ0n) is 10.1. The maximum Gasteiger partial charge on any atom is 0.203 e. The van der Waals surface area contributed by atoms with E-state index in [0.29, 0.717) is 6.61 Å². The van der Waals surface area contributed by atoms with E-state index in [1.54, 1.807) is 13.3 Å². The fraction of sp³-hybridized carbons (Fsp3) is 0.455. The summed E-state index contributed by atoms with van der Waals surface area (Å²) in [4.78, 5) is 4.26. The Kier molecular flexibility index (Phi) is 3.77. The molecule has 0 radical (unpaired) electrons. The number of hydrogen-bond donors (Lipinski definition) is 2. The van der Waals surface area contributed by atoms with Crippen LogP contribution in [-0.4, -0.2) is 40.0 Å². The lowest BCUT2D eigenvalue weighted by Gasteiger charge is -2.08. The van der Waals surface area contributed by atoms with Crippen LogP contribution in [-0.2, 0) is 11.3 Å². The van der Waals surface area contributed by atoms with Crippen molar-refractivity contribution in [3.8, 4) is 0 Å². The van der Waals surface area contributed by atoms with E-state index in [9.17, 15) is 0 Å². The van der Waals surface area contributed by atoms with Crippen LogP contribution < -0.4 is 5.32 Å². The van der Waals surface area contributed by atoms with Gasteiger partial charge in [0.15, 0.2) is 0 Å². The molecule has 2 heterocycles. The molecule has 0 bridgehead atoms. The smallest absolute Gasteiger partial charge is 0.203 e. The number of H-pyrrole nitrogens is 1. The number of anilines is 1. The van der Waals surface area contributed by atoms with Crippen LogP contribution in [0.15, 0.2) is 18.6 Å². The minimum atomic E-state index is 0.664. The van der Waals surface area contributed by atoms with Crippen molar-refractivity contribution in [2.45, 2.75) is 13.5 Å². The summed E-state index contributed by atoms with van der Waals surface area (Å²) in [6, 6.07) is 0. The third-order valence-electron chi connectivity index (χ3n) is 2.58. The third kappa shape index (κ3) is 2.85. The van der Waals surface area contributed by atoms with E-state index in [1.165, 1.54) is 0 Å². The molecule has 0 spiro atoms. The lowest BCUT2D eigenvalue weighted by molar-refractivity contribution is 0.210. The highest BCUT2D eigenvalue weighted by Gasteiger charge is 2.05. The van der Waals surface area contributed by atoms with Crippen molar-refractivity contribution in [3.05, 3.63) is 29.8 Å². The third-order valence-corrected chi connectivity index (χ3v) is 2.58. The first-order valence-electron chi connectivity index (χ1n) is 5.54. The zero-order valence-corrected chi connectivity index (χ0v) is 10.1. The van der Waals surface area contributed by atoms with E-state index in [-0.39, 0.29) is 0 Å². The van der Waals surface area contributed by atoms with E-state index in [0.717, 1.165) is 30.3 Å².